The molecule has 0 saturated carbocycles. The molecule has 140 valence electrons. The van der Waals surface area contributed by atoms with E-state index < -0.39 is 0 Å². The van der Waals surface area contributed by atoms with Crippen molar-refractivity contribution in [2.75, 3.05) is 5.32 Å². The van der Waals surface area contributed by atoms with Gasteiger partial charge in [0, 0.05) is 31.5 Å². The van der Waals surface area contributed by atoms with Gasteiger partial charge in [0.1, 0.15) is 6.54 Å². The van der Waals surface area contributed by atoms with Crippen LogP contribution in [0, 0.1) is 0 Å². The number of pyridine rings is 1. The number of benzene rings is 3. The number of anilines is 1. The molecule has 0 aliphatic carbocycles. The van der Waals surface area contributed by atoms with E-state index in [1.807, 2.05) is 12.1 Å². The highest BCUT2D eigenvalue weighted by Crippen LogP contribution is 2.24. The predicted octanol–water partition coefficient (Wildman–Crippen LogP) is 5.75. The van der Waals surface area contributed by atoms with Crippen molar-refractivity contribution in [1.82, 2.24) is 4.57 Å². The van der Waals surface area contributed by atoms with Gasteiger partial charge in [0.05, 0.1) is 11.0 Å². The number of fused-ring (bicyclic) bond motifs is 2. The molecular weight excluding hydrogens is 419 g/mol. The number of nitrogens with zero attached hydrogens (tertiary/aromatic N) is 1. The van der Waals surface area contributed by atoms with Gasteiger partial charge < -0.3 is 9.88 Å². The molecule has 3 aromatic carbocycles. The van der Waals surface area contributed by atoms with E-state index in [0.717, 1.165) is 0 Å². The Bertz CT molecular complexity index is 1280. The Morgan fingerprint density at radius 3 is 2.25 bits per heavy atom. The van der Waals surface area contributed by atoms with Gasteiger partial charge in [-0.15, -0.1) is 0 Å². The number of para-hydroxylation sites is 1. The fourth-order valence-electron chi connectivity index (χ4n) is 3.24. The second-order valence-corrected chi connectivity index (χ2v) is 7.61. The molecule has 4 aromatic rings. The van der Waals surface area contributed by atoms with Crippen LogP contribution in [0.1, 0.15) is 0 Å². The lowest BCUT2D eigenvalue weighted by molar-refractivity contribution is -0.116. The van der Waals surface area contributed by atoms with Crippen molar-refractivity contribution in [2.45, 2.75) is 6.54 Å². The molecule has 1 aromatic heterocycles. The third-order valence-electron chi connectivity index (χ3n) is 4.38. The van der Waals surface area contributed by atoms with Gasteiger partial charge in [-0.3, -0.25) is 9.59 Å². The summed E-state index contributed by atoms with van der Waals surface area (Å²) in [4.78, 5) is 25.6. The zero-order chi connectivity index (χ0) is 19.8. The number of hydrogen-bond donors (Lipinski definition) is 1. The van der Waals surface area contributed by atoms with E-state index in [9.17, 15) is 9.59 Å². The van der Waals surface area contributed by atoms with Gasteiger partial charge in [-0.2, -0.15) is 0 Å². The fourth-order valence-corrected chi connectivity index (χ4v) is 3.94. The van der Waals surface area contributed by atoms with Gasteiger partial charge in [0.25, 0.3) is 0 Å². The number of halogens is 3. The number of amides is 1. The first-order chi connectivity index (χ1) is 13.4. The number of nitrogens with one attached hydrogen (secondary N) is 1. The maximum atomic E-state index is 12.8. The van der Waals surface area contributed by atoms with E-state index >= 15 is 0 Å². The summed E-state index contributed by atoms with van der Waals surface area (Å²) in [7, 11) is 0. The number of hydrogen-bond acceptors (Lipinski definition) is 2. The summed E-state index contributed by atoms with van der Waals surface area (Å²) in [6.07, 6.45) is 0. The van der Waals surface area contributed by atoms with Crippen molar-refractivity contribution in [3.8, 4) is 0 Å². The lowest BCUT2D eigenvalue weighted by atomic mass is 10.1. The van der Waals surface area contributed by atoms with Gasteiger partial charge in [-0.1, -0.05) is 46.9 Å². The quantitative estimate of drug-likeness (QED) is 0.420. The van der Waals surface area contributed by atoms with Crippen molar-refractivity contribution in [2.24, 2.45) is 0 Å². The van der Waals surface area contributed by atoms with Crippen LogP contribution in [0.25, 0.3) is 21.8 Å². The molecule has 7 heteroatoms. The summed E-state index contributed by atoms with van der Waals surface area (Å²) < 4.78 is 1.80. The Kier molecular flexibility index (Phi) is 5.02. The van der Waals surface area contributed by atoms with Gasteiger partial charge in [-0.25, -0.2) is 0 Å². The average molecular weight is 432 g/mol. The number of carbonyl (C=O) groups is 1. The fraction of sp³-hybridized carbons (Fsp3) is 0.0476. The highest BCUT2D eigenvalue weighted by atomic mass is 35.5. The van der Waals surface area contributed by atoms with E-state index in [-0.39, 0.29) is 17.9 Å². The number of carbonyl (C=O) groups excluding carboxylic acids is 1. The monoisotopic (exact) mass is 430 g/mol. The predicted molar refractivity (Wildman–Crippen MR) is 116 cm³/mol. The van der Waals surface area contributed by atoms with Crippen molar-refractivity contribution in [3.05, 3.63) is 86.0 Å². The van der Waals surface area contributed by atoms with Crippen LogP contribution < -0.4 is 10.7 Å². The molecule has 0 atom stereocenters. The molecule has 0 saturated heterocycles. The Hall–Kier alpha value is -2.53. The van der Waals surface area contributed by atoms with Crippen molar-refractivity contribution >= 4 is 68.2 Å². The van der Waals surface area contributed by atoms with Crippen LogP contribution in [0.4, 0.5) is 5.69 Å². The van der Waals surface area contributed by atoms with Crippen LogP contribution in [0.2, 0.25) is 15.1 Å². The van der Waals surface area contributed by atoms with E-state index in [4.69, 9.17) is 34.8 Å². The van der Waals surface area contributed by atoms with Gasteiger partial charge in [0.15, 0.2) is 5.43 Å². The second-order valence-electron chi connectivity index (χ2n) is 6.30. The summed E-state index contributed by atoms with van der Waals surface area (Å²) in [6.45, 7) is 0.00303. The zero-order valence-corrected chi connectivity index (χ0v) is 16.6. The molecule has 0 radical (unpaired) electrons. The standard InChI is InChI=1S/C21H13Cl3N2O2/c22-12-5-6-19-17(10-12)21(28)16-3-1-2-4-18(16)26(19)11-20(27)25-15-8-13(23)7-14(24)9-15/h1-10H,11H2,(H,25,27). The molecule has 0 aliphatic heterocycles. The van der Waals surface area contributed by atoms with Gasteiger partial charge >= 0.3 is 0 Å². The molecule has 0 unspecified atom stereocenters. The van der Waals surface area contributed by atoms with Crippen LogP contribution >= 0.6 is 34.8 Å². The normalized spacial score (nSPS) is 11.1. The van der Waals surface area contributed by atoms with E-state index in [1.54, 1.807) is 53.1 Å². The van der Waals surface area contributed by atoms with Crippen LogP contribution in [0.5, 0.6) is 0 Å². The lowest BCUT2D eigenvalue weighted by Crippen LogP contribution is -2.21. The van der Waals surface area contributed by atoms with Crippen molar-refractivity contribution < 1.29 is 4.79 Å². The first kappa shape index (κ1) is 18.8. The van der Waals surface area contributed by atoms with Gasteiger partial charge in [-0.05, 0) is 48.5 Å². The highest BCUT2D eigenvalue weighted by Gasteiger charge is 2.14. The minimum absolute atomic E-state index is 0.00303. The SMILES string of the molecule is O=C(Cn1c2ccccc2c(=O)c2cc(Cl)ccc21)Nc1cc(Cl)cc(Cl)c1. The Balaban J connectivity index is 1.81. The summed E-state index contributed by atoms with van der Waals surface area (Å²) >= 11 is 18.1. The van der Waals surface area contributed by atoms with Crippen molar-refractivity contribution in [3.63, 3.8) is 0 Å². The summed E-state index contributed by atoms with van der Waals surface area (Å²) in [6, 6.07) is 17.1. The molecular formula is C21H13Cl3N2O2. The summed E-state index contributed by atoms with van der Waals surface area (Å²) in [5.74, 6) is -0.275. The summed E-state index contributed by atoms with van der Waals surface area (Å²) in [5, 5.41) is 5.10. The minimum Gasteiger partial charge on any atom is -0.331 e. The molecule has 28 heavy (non-hydrogen) atoms. The second kappa shape index (κ2) is 7.47. The number of aromatic nitrogens is 1. The smallest absolute Gasteiger partial charge is 0.244 e. The van der Waals surface area contributed by atoms with E-state index in [0.29, 0.717) is 42.6 Å². The molecule has 1 N–H and O–H groups in total. The first-order valence-corrected chi connectivity index (χ1v) is 9.52. The Morgan fingerprint density at radius 1 is 0.821 bits per heavy atom. The zero-order valence-electron chi connectivity index (χ0n) is 14.4. The van der Waals surface area contributed by atoms with Gasteiger partial charge in [0.2, 0.25) is 5.91 Å². The van der Waals surface area contributed by atoms with E-state index in [2.05, 4.69) is 5.32 Å². The topological polar surface area (TPSA) is 51.1 Å². The minimum atomic E-state index is -0.275. The molecule has 4 rings (SSSR count). The molecule has 0 bridgehead atoms. The van der Waals surface area contributed by atoms with Crippen LogP contribution in [0.15, 0.2) is 65.5 Å². The number of rotatable bonds is 3. The third kappa shape index (κ3) is 3.59. The first-order valence-electron chi connectivity index (χ1n) is 8.39. The average Bonchev–Trinajstić information content (AvgIpc) is 2.64. The molecule has 1 heterocycles. The lowest BCUT2D eigenvalue weighted by Gasteiger charge is -2.15. The molecule has 0 fully saturated rings. The third-order valence-corrected chi connectivity index (χ3v) is 5.05. The molecule has 1 amide bonds. The van der Waals surface area contributed by atoms with Crippen LogP contribution in [-0.2, 0) is 11.3 Å². The maximum absolute atomic E-state index is 12.8. The largest absolute Gasteiger partial charge is 0.331 e. The van der Waals surface area contributed by atoms with Crippen LogP contribution in [-0.4, -0.2) is 10.5 Å². The molecule has 4 nitrogen and oxygen atoms in total. The van der Waals surface area contributed by atoms with Crippen LogP contribution in [0.3, 0.4) is 0 Å². The molecule has 0 aliphatic rings. The molecule has 0 spiro atoms. The highest BCUT2D eigenvalue weighted by molar-refractivity contribution is 6.35. The maximum Gasteiger partial charge on any atom is 0.244 e. The van der Waals surface area contributed by atoms with E-state index in [1.165, 1.54) is 0 Å². The Morgan fingerprint density at radius 2 is 1.50 bits per heavy atom. The Labute approximate surface area is 175 Å². The van der Waals surface area contributed by atoms with Crippen molar-refractivity contribution in [1.29, 1.82) is 0 Å². The summed E-state index contributed by atoms with van der Waals surface area (Å²) in [5.41, 5.74) is 1.68.